The minimum absolute atomic E-state index is 0.586. The van der Waals surface area contributed by atoms with Crippen LogP contribution >= 0.6 is 0 Å². The normalized spacial score (nSPS) is 28.0. The van der Waals surface area contributed by atoms with Gasteiger partial charge < -0.3 is 10.0 Å². The third-order valence-corrected chi connectivity index (χ3v) is 5.79. The maximum Gasteiger partial charge on any atom is 0.128 e. The van der Waals surface area contributed by atoms with Crippen molar-refractivity contribution in [1.82, 2.24) is 14.9 Å². The van der Waals surface area contributed by atoms with Gasteiger partial charge >= 0.3 is 0 Å². The van der Waals surface area contributed by atoms with Gasteiger partial charge in [0, 0.05) is 56.4 Å². The van der Waals surface area contributed by atoms with Crippen LogP contribution in [0.15, 0.2) is 48.9 Å². The molecule has 0 unspecified atom stereocenters. The Morgan fingerprint density at radius 2 is 1.76 bits per heavy atom. The van der Waals surface area contributed by atoms with Gasteiger partial charge in [-0.3, -0.25) is 9.88 Å². The van der Waals surface area contributed by atoms with Crippen molar-refractivity contribution in [2.75, 3.05) is 31.1 Å². The van der Waals surface area contributed by atoms with Crippen molar-refractivity contribution in [2.45, 2.75) is 37.3 Å². The molecule has 132 valence electrons. The number of pyridine rings is 2. The lowest BCUT2D eigenvalue weighted by molar-refractivity contribution is -0.0260. The zero-order valence-electron chi connectivity index (χ0n) is 14.6. The van der Waals surface area contributed by atoms with Gasteiger partial charge in [-0.15, -0.1) is 0 Å². The lowest BCUT2D eigenvalue weighted by Gasteiger charge is -2.44. The molecule has 4 rings (SSSR count). The van der Waals surface area contributed by atoms with Gasteiger partial charge in [0.1, 0.15) is 5.82 Å². The first kappa shape index (κ1) is 16.5. The van der Waals surface area contributed by atoms with Crippen LogP contribution in [0, 0.1) is 0 Å². The van der Waals surface area contributed by atoms with Gasteiger partial charge in [-0.2, -0.15) is 0 Å². The molecule has 0 amide bonds. The van der Waals surface area contributed by atoms with Gasteiger partial charge in [-0.25, -0.2) is 4.98 Å². The molecular weight excluding hydrogens is 312 g/mol. The molecule has 2 aromatic heterocycles. The highest BCUT2D eigenvalue weighted by Gasteiger charge is 2.37. The highest BCUT2D eigenvalue weighted by Crippen LogP contribution is 2.38. The number of nitrogens with zero attached hydrogens (tertiary/aromatic N) is 4. The molecule has 2 fully saturated rings. The standard InChI is InChI=1S/C20H26N4O/c25-20(17-4-3-10-21-16-17)8-6-18(7-9-20)23-12-14-24(15-13-23)19-5-1-2-11-22-19/h1-5,10-11,16,18,25H,6-9,12-15H2/t18-,20-. The van der Waals surface area contributed by atoms with Gasteiger partial charge in [0.05, 0.1) is 5.60 Å². The van der Waals surface area contributed by atoms with E-state index in [4.69, 9.17) is 0 Å². The van der Waals surface area contributed by atoms with E-state index in [1.165, 1.54) is 0 Å². The van der Waals surface area contributed by atoms with Crippen LogP contribution < -0.4 is 4.90 Å². The minimum atomic E-state index is -0.694. The number of hydrogen-bond acceptors (Lipinski definition) is 5. The van der Waals surface area contributed by atoms with E-state index in [9.17, 15) is 5.11 Å². The summed E-state index contributed by atoms with van der Waals surface area (Å²) in [6.07, 6.45) is 9.19. The third-order valence-electron chi connectivity index (χ3n) is 5.79. The van der Waals surface area contributed by atoms with Crippen molar-refractivity contribution in [3.05, 3.63) is 54.5 Å². The third kappa shape index (κ3) is 3.53. The molecule has 2 aromatic rings. The van der Waals surface area contributed by atoms with Crippen LogP contribution in [0.5, 0.6) is 0 Å². The van der Waals surface area contributed by atoms with Gasteiger partial charge in [0.2, 0.25) is 0 Å². The van der Waals surface area contributed by atoms with E-state index >= 15 is 0 Å². The zero-order valence-corrected chi connectivity index (χ0v) is 14.6. The predicted molar refractivity (Wildman–Crippen MR) is 98.4 cm³/mol. The molecule has 0 bridgehead atoms. The van der Waals surface area contributed by atoms with E-state index in [0.29, 0.717) is 6.04 Å². The summed E-state index contributed by atoms with van der Waals surface area (Å²) in [7, 11) is 0. The summed E-state index contributed by atoms with van der Waals surface area (Å²) in [4.78, 5) is 13.6. The molecule has 3 heterocycles. The van der Waals surface area contributed by atoms with E-state index in [-0.39, 0.29) is 0 Å². The van der Waals surface area contributed by atoms with Crippen molar-refractivity contribution in [1.29, 1.82) is 0 Å². The highest BCUT2D eigenvalue weighted by molar-refractivity contribution is 5.38. The fourth-order valence-corrected chi connectivity index (χ4v) is 4.23. The first-order valence-electron chi connectivity index (χ1n) is 9.27. The first-order valence-corrected chi connectivity index (χ1v) is 9.27. The van der Waals surface area contributed by atoms with Gasteiger partial charge in [-0.1, -0.05) is 12.1 Å². The van der Waals surface area contributed by atoms with Crippen molar-refractivity contribution in [3.8, 4) is 0 Å². The Balaban J connectivity index is 1.32. The smallest absolute Gasteiger partial charge is 0.128 e. The number of aliphatic hydroxyl groups is 1. The van der Waals surface area contributed by atoms with Gasteiger partial charge in [0.15, 0.2) is 0 Å². The quantitative estimate of drug-likeness (QED) is 0.931. The van der Waals surface area contributed by atoms with Crippen molar-refractivity contribution in [3.63, 3.8) is 0 Å². The fourth-order valence-electron chi connectivity index (χ4n) is 4.23. The Labute approximate surface area is 149 Å². The van der Waals surface area contributed by atoms with Crippen molar-refractivity contribution < 1.29 is 5.11 Å². The zero-order chi connectivity index (χ0) is 17.1. The summed E-state index contributed by atoms with van der Waals surface area (Å²) >= 11 is 0. The average Bonchev–Trinajstić information content (AvgIpc) is 2.70. The predicted octanol–water partition coefficient (Wildman–Crippen LogP) is 2.43. The number of anilines is 1. The summed E-state index contributed by atoms with van der Waals surface area (Å²) < 4.78 is 0. The number of rotatable bonds is 3. The summed E-state index contributed by atoms with van der Waals surface area (Å²) in [6, 6.07) is 10.6. The van der Waals surface area contributed by atoms with Crippen molar-refractivity contribution >= 4 is 5.82 Å². The molecule has 25 heavy (non-hydrogen) atoms. The monoisotopic (exact) mass is 338 g/mol. The molecule has 5 heteroatoms. The Kier molecular flexibility index (Phi) is 4.68. The van der Waals surface area contributed by atoms with Crippen molar-refractivity contribution in [2.24, 2.45) is 0 Å². The average molecular weight is 338 g/mol. The maximum atomic E-state index is 11.0. The Hall–Kier alpha value is -1.98. The summed E-state index contributed by atoms with van der Waals surface area (Å²) in [5.74, 6) is 1.08. The second-order valence-electron chi connectivity index (χ2n) is 7.22. The fraction of sp³-hybridized carbons (Fsp3) is 0.500. The van der Waals surface area contributed by atoms with E-state index in [0.717, 1.165) is 63.2 Å². The van der Waals surface area contributed by atoms with E-state index in [2.05, 4.69) is 31.9 Å². The Morgan fingerprint density at radius 3 is 2.40 bits per heavy atom. The molecular formula is C20H26N4O. The second kappa shape index (κ2) is 7.10. The maximum absolute atomic E-state index is 11.0. The highest BCUT2D eigenvalue weighted by atomic mass is 16.3. The van der Waals surface area contributed by atoms with Crippen LogP contribution in [0.1, 0.15) is 31.2 Å². The molecule has 0 radical (unpaired) electrons. The molecule has 5 nitrogen and oxygen atoms in total. The van der Waals surface area contributed by atoms with Crippen LogP contribution in [-0.4, -0.2) is 52.2 Å². The van der Waals surface area contributed by atoms with Gasteiger partial charge in [0.25, 0.3) is 0 Å². The molecule has 1 saturated heterocycles. The van der Waals surface area contributed by atoms with E-state index in [1.54, 1.807) is 6.20 Å². The lowest BCUT2D eigenvalue weighted by atomic mass is 9.77. The van der Waals surface area contributed by atoms with Crippen LogP contribution in [0.4, 0.5) is 5.82 Å². The Bertz CT molecular complexity index is 663. The summed E-state index contributed by atoms with van der Waals surface area (Å²) in [5, 5.41) is 11.0. The molecule has 1 aliphatic heterocycles. The second-order valence-corrected chi connectivity index (χ2v) is 7.22. The number of piperazine rings is 1. The molecule has 1 N–H and O–H groups in total. The summed E-state index contributed by atoms with van der Waals surface area (Å²) in [6.45, 7) is 4.21. The topological polar surface area (TPSA) is 52.5 Å². The molecule has 0 aromatic carbocycles. The minimum Gasteiger partial charge on any atom is -0.385 e. The molecule has 1 aliphatic carbocycles. The Morgan fingerprint density at radius 1 is 0.960 bits per heavy atom. The van der Waals surface area contributed by atoms with Crippen LogP contribution in [0.2, 0.25) is 0 Å². The van der Waals surface area contributed by atoms with E-state index < -0.39 is 5.60 Å². The summed E-state index contributed by atoms with van der Waals surface area (Å²) in [5.41, 5.74) is 0.272. The number of aromatic nitrogens is 2. The molecule has 1 saturated carbocycles. The molecule has 0 spiro atoms. The number of hydrogen-bond donors (Lipinski definition) is 1. The molecule has 2 aliphatic rings. The SMILES string of the molecule is O[C@]1(c2cccnc2)CC[C@@H](N2CCN(c3ccccn3)CC2)CC1. The largest absolute Gasteiger partial charge is 0.385 e. The molecule has 0 atom stereocenters. The van der Waals surface area contributed by atoms with Crippen LogP contribution in [-0.2, 0) is 5.60 Å². The first-order chi connectivity index (χ1) is 12.2. The van der Waals surface area contributed by atoms with Gasteiger partial charge in [-0.05, 0) is 43.9 Å². The lowest BCUT2D eigenvalue weighted by Crippen LogP contribution is -2.52. The van der Waals surface area contributed by atoms with Crippen LogP contribution in [0.25, 0.3) is 0 Å². The van der Waals surface area contributed by atoms with Crippen LogP contribution in [0.3, 0.4) is 0 Å². The van der Waals surface area contributed by atoms with E-state index in [1.807, 2.05) is 30.6 Å².